The van der Waals surface area contributed by atoms with Gasteiger partial charge in [-0.2, -0.15) is 0 Å². The highest BCUT2D eigenvalue weighted by atomic mass is 35.5. The van der Waals surface area contributed by atoms with Crippen molar-refractivity contribution >= 4 is 58.6 Å². The molecule has 1 unspecified atom stereocenters. The summed E-state index contributed by atoms with van der Waals surface area (Å²) in [6.45, 7) is 2.89. The van der Waals surface area contributed by atoms with Crippen molar-refractivity contribution in [1.29, 1.82) is 0 Å². The van der Waals surface area contributed by atoms with Crippen LogP contribution in [0.4, 0.5) is 0 Å². The maximum atomic E-state index is 12.4. The van der Waals surface area contributed by atoms with Crippen LogP contribution in [-0.4, -0.2) is 82.0 Å². The average molecular weight is 446 g/mol. The minimum absolute atomic E-state index is 0.202. The molecular weight excluding hydrogens is 430 g/mol. The van der Waals surface area contributed by atoms with Crippen molar-refractivity contribution < 1.29 is 38.7 Å². The normalized spacial score (nSPS) is 21.0. The number of alkyl halides is 1. The van der Waals surface area contributed by atoms with Crippen molar-refractivity contribution in [1.82, 2.24) is 10.2 Å². The Hall–Kier alpha value is -2.86. The van der Waals surface area contributed by atoms with Crippen LogP contribution >= 0.6 is 23.4 Å². The summed E-state index contributed by atoms with van der Waals surface area (Å²) in [4.78, 5) is 64.9. The van der Waals surface area contributed by atoms with Crippen molar-refractivity contribution in [3.8, 4) is 0 Å². The van der Waals surface area contributed by atoms with Gasteiger partial charge in [-0.1, -0.05) is 17.8 Å². The van der Waals surface area contributed by atoms with Gasteiger partial charge in [-0.3, -0.25) is 19.3 Å². The molecule has 1 saturated heterocycles. The van der Waals surface area contributed by atoms with E-state index in [1.165, 1.54) is 17.8 Å². The number of hydrogen-bond donors (Lipinski definition) is 2. The Labute approximate surface area is 173 Å². The molecule has 2 N–H and O–H groups in total. The standard InChI is InChI=1S/C16H16ClN3O8S/c1-3-7-6-29-15-11(14(24)20(15)12(7)16(25)26)18-13(23)10(8(21)4-17)19-28-5-9(22)27-2/h3,11,15H,1,4-6H2,2H3,(H,18,23)(H,25,26)/t11?,15-/m0/s1. The van der Waals surface area contributed by atoms with Crippen molar-refractivity contribution in [3.63, 3.8) is 0 Å². The topological polar surface area (TPSA) is 152 Å². The number of ether oxygens (including phenoxy) is 1. The fourth-order valence-corrected chi connectivity index (χ4v) is 3.97. The first-order valence-corrected chi connectivity index (χ1v) is 9.55. The lowest BCUT2D eigenvalue weighted by atomic mass is 10.0. The second-order valence-electron chi connectivity index (χ2n) is 5.59. The minimum Gasteiger partial charge on any atom is -0.477 e. The van der Waals surface area contributed by atoms with E-state index >= 15 is 0 Å². The minimum atomic E-state index is -1.29. The van der Waals surface area contributed by atoms with Crippen LogP contribution in [0.3, 0.4) is 0 Å². The first kappa shape index (κ1) is 22.4. The molecule has 0 saturated carbocycles. The van der Waals surface area contributed by atoms with Crippen LogP contribution in [0.15, 0.2) is 29.1 Å². The summed E-state index contributed by atoms with van der Waals surface area (Å²) in [5.41, 5.74) is -0.559. The van der Waals surface area contributed by atoms with E-state index in [0.717, 1.165) is 12.0 Å². The molecule has 29 heavy (non-hydrogen) atoms. The summed E-state index contributed by atoms with van der Waals surface area (Å²) in [6.07, 6.45) is 1.36. The molecule has 0 radical (unpaired) electrons. The molecule has 2 rings (SSSR count). The van der Waals surface area contributed by atoms with E-state index in [0.29, 0.717) is 5.57 Å². The Morgan fingerprint density at radius 2 is 2.14 bits per heavy atom. The van der Waals surface area contributed by atoms with E-state index in [4.69, 9.17) is 11.6 Å². The van der Waals surface area contributed by atoms with Crippen molar-refractivity contribution in [2.24, 2.45) is 5.16 Å². The zero-order chi connectivity index (χ0) is 21.7. The van der Waals surface area contributed by atoms with Gasteiger partial charge in [0.2, 0.25) is 18.1 Å². The molecule has 2 aliphatic rings. The molecule has 0 spiro atoms. The molecular formula is C16H16ClN3O8S. The summed E-state index contributed by atoms with van der Waals surface area (Å²) in [5, 5.41) is 14.3. The number of amides is 2. The third-order valence-electron chi connectivity index (χ3n) is 3.90. The number of thioether (sulfide) groups is 1. The lowest BCUT2D eigenvalue weighted by Crippen LogP contribution is -2.71. The number of allylic oxidation sites excluding steroid dienone is 1. The van der Waals surface area contributed by atoms with E-state index < -0.39 is 59.2 Å². The Morgan fingerprint density at radius 1 is 1.45 bits per heavy atom. The number of methoxy groups -OCH3 is 1. The van der Waals surface area contributed by atoms with Crippen LogP contribution in [0.5, 0.6) is 0 Å². The molecule has 0 aromatic rings. The number of rotatable bonds is 9. The highest BCUT2D eigenvalue weighted by Gasteiger charge is 2.54. The van der Waals surface area contributed by atoms with Gasteiger partial charge in [0.1, 0.15) is 17.1 Å². The molecule has 0 aromatic heterocycles. The van der Waals surface area contributed by atoms with Gasteiger partial charge in [0.15, 0.2) is 0 Å². The second kappa shape index (κ2) is 9.56. The van der Waals surface area contributed by atoms with Gasteiger partial charge in [-0.25, -0.2) is 9.59 Å². The van der Waals surface area contributed by atoms with Gasteiger partial charge in [-0.05, 0) is 5.57 Å². The monoisotopic (exact) mass is 445 g/mol. The molecule has 0 aromatic carbocycles. The SMILES string of the molecule is C=CC1=C(C(=O)O)N2C(=O)C(NC(=O)C(=NOCC(=O)OC)C(=O)CCl)[C@@H]2SC1. The Bertz CT molecular complexity index is 840. The second-order valence-corrected chi connectivity index (χ2v) is 6.96. The fourth-order valence-electron chi connectivity index (χ4n) is 2.50. The molecule has 156 valence electrons. The van der Waals surface area contributed by atoms with Gasteiger partial charge in [0.25, 0.3) is 11.8 Å². The van der Waals surface area contributed by atoms with Gasteiger partial charge < -0.3 is 20.0 Å². The van der Waals surface area contributed by atoms with E-state index in [9.17, 15) is 29.1 Å². The van der Waals surface area contributed by atoms with E-state index in [1.54, 1.807) is 0 Å². The van der Waals surface area contributed by atoms with E-state index in [2.05, 4.69) is 26.6 Å². The molecule has 13 heteroatoms. The predicted octanol–water partition coefficient (Wildman–Crippen LogP) is -0.735. The number of esters is 1. The van der Waals surface area contributed by atoms with Crippen LogP contribution in [0.25, 0.3) is 0 Å². The lowest BCUT2D eigenvalue weighted by molar-refractivity contribution is -0.150. The van der Waals surface area contributed by atoms with Crippen LogP contribution < -0.4 is 5.32 Å². The van der Waals surface area contributed by atoms with Crippen molar-refractivity contribution in [2.45, 2.75) is 11.4 Å². The van der Waals surface area contributed by atoms with E-state index in [-0.39, 0.29) is 11.4 Å². The first-order valence-electron chi connectivity index (χ1n) is 7.97. The zero-order valence-corrected chi connectivity index (χ0v) is 16.6. The third kappa shape index (κ3) is 4.59. The number of nitrogens with zero attached hydrogens (tertiary/aromatic N) is 2. The quantitative estimate of drug-likeness (QED) is 0.117. The van der Waals surface area contributed by atoms with Gasteiger partial charge in [0, 0.05) is 5.75 Å². The maximum Gasteiger partial charge on any atom is 0.352 e. The molecule has 2 amide bonds. The summed E-state index contributed by atoms with van der Waals surface area (Å²) in [7, 11) is 1.11. The molecule has 0 aliphatic carbocycles. The number of fused-ring (bicyclic) bond motifs is 1. The number of oxime groups is 1. The van der Waals surface area contributed by atoms with Crippen molar-refractivity contribution in [3.05, 3.63) is 23.9 Å². The van der Waals surface area contributed by atoms with Crippen LogP contribution in [0.1, 0.15) is 0 Å². The number of hydrogen-bond acceptors (Lipinski definition) is 9. The molecule has 11 nitrogen and oxygen atoms in total. The molecule has 2 aliphatic heterocycles. The van der Waals surface area contributed by atoms with Crippen molar-refractivity contribution in [2.75, 3.05) is 25.3 Å². The predicted molar refractivity (Wildman–Crippen MR) is 101 cm³/mol. The van der Waals surface area contributed by atoms with Gasteiger partial charge in [-0.15, -0.1) is 23.4 Å². The highest BCUT2D eigenvalue weighted by Crippen LogP contribution is 2.40. The molecule has 2 heterocycles. The van der Waals surface area contributed by atoms with Gasteiger partial charge in [0.05, 0.1) is 13.0 Å². The summed E-state index contributed by atoms with van der Waals surface area (Å²) in [5.74, 6) is -5.01. The highest BCUT2D eigenvalue weighted by molar-refractivity contribution is 8.00. The number of carbonyl (C=O) groups excluding carboxylic acids is 4. The van der Waals surface area contributed by atoms with Gasteiger partial charge >= 0.3 is 11.9 Å². The molecule has 1 fully saturated rings. The number of ketones is 1. The first-order chi connectivity index (χ1) is 13.8. The number of carboxylic acids is 1. The lowest BCUT2D eigenvalue weighted by Gasteiger charge is -2.49. The number of Topliss-reactive ketones (excluding diaryl/α,β-unsaturated/α-hetero) is 1. The van der Waals surface area contributed by atoms with Crippen LogP contribution in [-0.2, 0) is 33.5 Å². The van der Waals surface area contributed by atoms with Crippen LogP contribution in [0.2, 0.25) is 0 Å². The number of halogens is 1. The summed E-state index contributed by atoms with van der Waals surface area (Å²) in [6, 6.07) is -1.08. The third-order valence-corrected chi connectivity index (χ3v) is 5.44. The Balaban J connectivity index is 2.14. The summed E-state index contributed by atoms with van der Waals surface area (Å²) < 4.78 is 4.33. The smallest absolute Gasteiger partial charge is 0.352 e. The average Bonchev–Trinajstić information content (AvgIpc) is 2.72. The number of carboxylic acid groups (broad SMARTS) is 1. The maximum absolute atomic E-state index is 12.4. The van der Waals surface area contributed by atoms with Crippen LogP contribution in [0, 0.1) is 0 Å². The Kier molecular flexibility index (Phi) is 7.40. The fraction of sp³-hybridized carbons (Fsp3) is 0.375. The number of aliphatic carboxylic acids is 1. The number of carbonyl (C=O) groups is 5. The molecule has 2 atom stereocenters. The number of β-lactam (4-membered cyclic amide) rings is 1. The molecule has 0 bridgehead atoms. The van der Waals surface area contributed by atoms with E-state index in [1.807, 2.05) is 0 Å². The number of nitrogens with one attached hydrogen (secondary N) is 1. The Morgan fingerprint density at radius 3 is 2.69 bits per heavy atom. The zero-order valence-electron chi connectivity index (χ0n) is 15.0. The summed E-state index contributed by atoms with van der Waals surface area (Å²) >= 11 is 6.68. The largest absolute Gasteiger partial charge is 0.477 e.